The van der Waals surface area contributed by atoms with Gasteiger partial charge in [-0.25, -0.2) is 8.42 Å². The molecule has 1 aliphatic heterocycles. The maximum Gasteiger partial charge on any atom is 0.241 e. The number of nitrogens with zero attached hydrogens (tertiary/aromatic N) is 1. The molecule has 0 bridgehead atoms. The smallest absolute Gasteiger partial charge is 0.241 e. The van der Waals surface area contributed by atoms with Crippen LogP contribution in [0.1, 0.15) is 32.6 Å². The van der Waals surface area contributed by atoms with Crippen molar-refractivity contribution in [2.24, 2.45) is 0 Å². The number of likely N-dealkylation sites (tertiary alicyclic amines) is 1. The second kappa shape index (κ2) is 6.02. The maximum absolute atomic E-state index is 12.5. The van der Waals surface area contributed by atoms with Gasteiger partial charge in [-0.2, -0.15) is 0 Å². The first-order chi connectivity index (χ1) is 8.39. The van der Waals surface area contributed by atoms with E-state index in [1.54, 1.807) is 0 Å². The molecular weight excluding hydrogens is 252 g/mol. The first-order valence-electron chi connectivity index (χ1n) is 6.52. The van der Waals surface area contributed by atoms with E-state index in [4.69, 9.17) is 0 Å². The fourth-order valence-electron chi connectivity index (χ4n) is 2.42. The highest BCUT2D eigenvalue weighted by atomic mass is 32.2. The molecule has 0 aliphatic carbocycles. The Morgan fingerprint density at radius 2 is 1.89 bits per heavy atom. The molecule has 0 radical (unpaired) electrons. The zero-order chi connectivity index (χ0) is 13.8. The fourth-order valence-corrected chi connectivity index (χ4v) is 4.67. The molecule has 1 saturated heterocycles. The molecule has 0 aromatic heterocycles. The Hall–Kier alpha value is -0.620. The van der Waals surface area contributed by atoms with Gasteiger partial charge in [-0.3, -0.25) is 4.79 Å². The molecule has 106 valence electrons. The number of sulfone groups is 1. The van der Waals surface area contributed by atoms with Crippen LogP contribution in [0.25, 0.3) is 0 Å². The van der Waals surface area contributed by atoms with E-state index in [0.29, 0.717) is 32.4 Å². The number of hydrogen-bond donors (Lipinski definition) is 1. The first-order valence-corrected chi connectivity index (χ1v) is 8.18. The van der Waals surface area contributed by atoms with E-state index in [0.717, 1.165) is 6.42 Å². The summed E-state index contributed by atoms with van der Waals surface area (Å²) in [5.41, 5.74) is 0. The van der Waals surface area contributed by atoms with Crippen LogP contribution in [-0.2, 0) is 14.6 Å². The van der Waals surface area contributed by atoms with Crippen LogP contribution in [0.4, 0.5) is 0 Å². The van der Waals surface area contributed by atoms with Crippen molar-refractivity contribution in [1.29, 1.82) is 0 Å². The molecule has 1 heterocycles. The average Bonchev–Trinajstić information content (AvgIpc) is 2.36. The Morgan fingerprint density at radius 3 is 2.33 bits per heavy atom. The quantitative estimate of drug-likeness (QED) is 0.790. The molecule has 18 heavy (non-hydrogen) atoms. The van der Waals surface area contributed by atoms with E-state index < -0.39 is 14.6 Å². The lowest BCUT2D eigenvalue weighted by atomic mass is 9.95. The number of nitrogens with one attached hydrogen (secondary N) is 1. The maximum atomic E-state index is 12.5. The lowest BCUT2D eigenvalue weighted by Crippen LogP contribution is -2.57. The Labute approximate surface area is 110 Å². The van der Waals surface area contributed by atoms with Crippen molar-refractivity contribution in [2.45, 2.75) is 37.4 Å². The predicted octanol–water partition coefficient (Wildman–Crippen LogP) is 0.412. The minimum atomic E-state index is -3.38. The van der Waals surface area contributed by atoms with Crippen LogP contribution in [0.3, 0.4) is 0 Å². The number of piperidine rings is 1. The van der Waals surface area contributed by atoms with Crippen LogP contribution in [0.5, 0.6) is 0 Å². The van der Waals surface area contributed by atoms with Gasteiger partial charge in [0.05, 0.1) is 5.75 Å². The third-order valence-corrected chi connectivity index (χ3v) is 6.41. The largest absolute Gasteiger partial charge is 0.358 e. The molecule has 6 heteroatoms. The van der Waals surface area contributed by atoms with Crippen LogP contribution in [0, 0.1) is 0 Å². The van der Waals surface area contributed by atoms with Crippen molar-refractivity contribution in [3.63, 3.8) is 0 Å². The topological polar surface area (TPSA) is 66.5 Å². The van der Waals surface area contributed by atoms with E-state index in [9.17, 15) is 13.2 Å². The molecule has 1 fully saturated rings. The Balaban J connectivity index is 3.02. The number of unbranched alkanes of at least 4 members (excludes halogenated alkanes) is 1. The van der Waals surface area contributed by atoms with Crippen molar-refractivity contribution in [1.82, 2.24) is 10.2 Å². The second-order valence-corrected chi connectivity index (χ2v) is 7.47. The van der Waals surface area contributed by atoms with Crippen LogP contribution < -0.4 is 5.32 Å². The Kier molecular flexibility index (Phi) is 5.16. The van der Waals surface area contributed by atoms with Crippen LogP contribution >= 0.6 is 0 Å². The van der Waals surface area contributed by atoms with Gasteiger partial charge in [0, 0.05) is 7.05 Å². The molecule has 5 nitrogen and oxygen atoms in total. The first kappa shape index (κ1) is 15.4. The van der Waals surface area contributed by atoms with E-state index in [1.165, 1.54) is 7.05 Å². The summed E-state index contributed by atoms with van der Waals surface area (Å²) in [4.78, 5) is 14.2. The van der Waals surface area contributed by atoms with Gasteiger partial charge in [-0.05, 0) is 39.4 Å². The van der Waals surface area contributed by atoms with Crippen LogP contribution in [0.15, 0.2) is 0 Å². The van der Waals surface area contributed by atoms with E-state index in [2.05, 4.69) is 10.2 Å². The average molecular weight is 276 g/mol. The molecule has 0 saturated carbocycles. The van der Waals surface area contributed by atoms with Crippen molar-refractivity contribution >= 4 is 15.7 Å². The minimum Gasteiger partial charge on any atom is -0.358 e. The van der Waals surface area contributed by atoms with Gasteiger partial charge in [-0.15, -0.1) is 0 Å². The van der Waals surface area contributed by atoms with Gasteiger partial charge in [0.2, 0.25) is 5.91 Å². The molecule has 1 aliphatic rings. The van der Waals surface area contributed by atoms with Gasteiger partial charge in [0.15, 0.2) is 14.6 Å². The van der Waals surface area contributed by atoms with Gasteiger partial charge < -0.3 is 10.2 Å². The molecule has 1 rings (SSSR count). The summed E-state index contributed by atoms with van der Waals surface area (Å²) in [5.74, 6) is -0.229. The third-order valence-electron chi connectivity index (χ3n) is 3.80. The highest BCUT2D eigenvalue weighted by Gasteiger charge is 2.50. The van der Waals surface area contributed by atoms with Crippen molar-refractivity contribution in [3.8, 4) is 0 Å². The Bertz CT molecular complexity index is 384. The van der Waals surface area contributed by atoms with Crippen molar-refractivity contribution in [3.05, 3.63) is 0 Å². The SMILES string of the molecule is CCCCS(=O)(=O)C1(C(=O)NC)CCN(C)CC1. The second-order valence-electron chi connectivity index (χ2n) is 5.05. The summed E-state index contributed by atoms with van der Waals surface area (Å²) in [6.07, 6.45) is 2.24. The Morgan fingerprint density at radius 1 is 1.33 bits per heavy atom. The fraction of sp³-hybridized carbons (Fsp3) is 0.917. The summed E-state index contributed by atoms with van der Waals surface area (Å²) >= 11 is 0. The number of rotatable bonds is 5. The number of hydrogen-bond acceptors (Lipinski definition) is 4. The zero-order valence-electron chi connectivity index (χ0n) is 11.5. The number of amides is 1. The molecule has 0 spiro atoms. The summed E-state index contributed by atoms with van der Waals surface area (Å²) in [7, 11) is 0.0819. The summed E-state index contributed by atoms with van der Waals surface area (Å²) in [6, 6.07) is 0. The third kappa shape index (κ3) is 2.85. The number of carbonyl (C=O) groups excluding carboxylic acids is 1. The predicted molar refractivity (Wildman–Crippen MR) is 72.2 cm³/mol. The molecule has 0 aromatic rings. The monoisotopic (exact) mass is 276 g/mol. The van der Waals surface area contributed by atoms with Crippen LogP contribution in [-0.4, -0.2) is 56.9 Å². The number of carbonyl (C=O) groups is 1. The van der Waals surface area contributed by atoms with Crippen LogP contribution in [0.2, 0.25) is 0 Å². The van der Waals surface area contributed by atoms with Crippen molar-refractivity contribution < 1.29 is 13.2 Å². The lowest BCUT2D eigenvalue weighted by Gasteiger charge is -2.38. The molecule has 1 amide bonds. The van der Waals surface area contributed by atoms with E-state index in [-0.39, 0.29) is 11.7 Å². The highest BCUT2D eigenvalue weighted by molar-refractivity contribution is 7.93. The summed E-state index contributed by atoms with van der Waals surface area (Å²) < 4.78 is 23.8. The molecule has 0 unspecified atom stereocenters. The van der Waals surface area contributed by atoms with Gasteiger partial charge in [-0.1, -0.05) is 13.3 Å². The van der Waals surface area contributed by atoms with Crippen molar-refractivity contribution in [2.75, 3.05) is 32.9 Å². The molecule has 1 N–H and O–H groups in total. The van der Waals surface area contributed by atoms with Gasteiger partial charge >= 0.3 is 0 Å². The lowest BCUT2D eigenvalue weighted by molar-refractivity contribution is -0.124. The van der Waals surface area contributed by atoms with Gasteiger partial charge in [0.25, 0.3) is 0 Å². The molecular formula is C12H24N2O3S. The zero-order valence-corrected chi connectivity index (χ0v) is 12.3. The minimum absolute atomic E-state index is 0.112. The van der Waals surface area contributed by atoms with E-state index >= 15 is 0 Å². The summed E-state index contributed by atoms with van der Waals surface area (Å²) in [5, 5.41) is 2.54. The van der Waals surface area contributed by atoms with E-state index in [1.807, 2.05) is 14.0 Å². The molecule has 0 aromatic carbocycles. The molecule has 0 atom stereocenters. The highest BCUT2D eigenvalue weighted by Crippen LogP contribution is 2.32. The standard InChI is InChI=1S/C12H24N2O3S/c1-4-5-10-18(16,17)12(11(15)13-2)6-8-14(3)9-7-12/h4-10H2,1-3H3,(H,13,15). The normalized spacial score (nSPS) is 20.6. The van der Waals surface area contributed by atoms with Gasteiger partial charge in [0.1, 0.15) is 0 Å². The summed E-state index contributed by atoms with van der Waals surface area (Å²) in [6.45, 7) is 3.26.